The van der Waals surface area contributed by atoms with E-state index < -0.39 is 13.9 Å². The number of likely N-dealkylation sites (N-methyl/N-ethyl adjacent to an activating group) is 1. The molecule has 0 spiro atoms. The highest BCUT2D eigenvalue weighted by molar-refractivity contribution is 7.45. The molecular formula is C40H72NO7P. The lowest BCUT2D eigenvalue weighted by atomic mass is 10.1. The van der Waals surface area contributed by atoms with E-state index in [4.69, 9.17) is 18.5 Å². The van der Waals surface area contributed by atoms with Crippen LogP contribution in [0.25, 0.3) is 0 Å². The third-order valence-corrected chi connectivity index (χ3v) is 8.55. The molecular weight excluding hydrogens is 637 g/mol. The van der Waals surface area contributed by atoms with Crippen LogP contribution in [-0.2, 0) is 27.9 Å². The molecule has 0 aromatic heterocycles. The van der Waals surface area contributed by atoms with E-state index in [1.807, 2.05) is 21.1 Å². The van der Waals surface area contributed by atoms with E-state index >= 15 is 0 Å². The zero-order chi connectivity index (χ0) is 36.3. The number of rotatable bonds is 34. The summed E-state index contributed by atoms with van der Waals surface area (Å²) in [5.41, 5.74) is 0. The lowest BCUT2D eigenvalue weighted by Crippen LogP contribution is -2.37. The molecule has 8 nitrogen and oxygen atoms in total. The van der Waals surface area contributed by atoms with Gasteiger partial charge in [-0.25, -0.2) is 0 Å². The molecule has 0 saturated heterocycles. The van der Waals surface area contributed by atoms with Crippen LogP contribution in [0.1, 0.15) is 129 Å². The van der Waals surface area contributed by atoms with Crippen LogP contribution in [0.4, 0.5) is 0 Å². The predicted octanol–water partition coefficient (Wildman–Crippen LogP) is 9.97. The summed E-state index contributed by atoms with van der Waals surface area (Å²) in [5, 5.41) is 0. The van der Waals surface area contributed by atoms with Crippen LogP contribution < -0.4 is 4.89 Å². The van der Waals surface area contributed by atoms with E-state index in [-0.39, 0.29) is 25.8 Å². The molecule has 0 aromatic carbocycles. The van der Waals surface area contributed by atoms with Gasteiger partial charge in [0, 0.05) is 13.0 Å². The first kappa shape index (κ1) is 47.2. The number of unbranched alkanes of at least 4 members (excludes halogenated alkanes) is 10. The molecule has 9 heteroatoms. The normalized spacial score (nSPS) is 14.7. The maximum absolute atomic E-state index is 12.5. The van der Waals surface area contributed by atoms with Crippen molar-refractivity contribution >= 4 is 13.8 Å². The van der Waals surface area contributed by atoms with Crippen LogP contribution in [0, 0.1) is 0 Å². The van der Waals surface area contributed by atoms with Crippen molar-refractivity contribution in [2.75, 3.05) is 54.1 Å². The smallest absolute Gasteiger partial charge is 0.306 e. The Morgan fingerprint density at radius 1 is 0.653 bits per heavy atom. The second-order valence-corrected chi connectivity index (χ2v) is 15.0. The first-order valence-electron chi connectivity index (χ1n) is 19.0. The van der Waals surface area contributed by atoms with Gasteiger partial charge in [-0.3, -0.25) is 9.36 Å². The van der Waals surface area contributed by atoms with Gasteiger partial charge >= 0.3 is 5.97 Å². The average molecular weight is 710 g/mol. The number of quaternary nitrogens is 1. The van der Waals surface area contributed by atoms with Gasteiger partial charge < -0.3 is 27.9 Å². The van der Waals surface area contributed by atoms with Gasteiger partial charge in [-0.15, -0.1) is 0 Å². The summed E-state index contributed by atoms with van der Waals surface area (Å²) < 4.78 is 34.3. The number of carbonyl (C=O) groups excluding carboxylic acids is 1. The van der Waals surface area contributed by atoms with Gasteiger partial charge in [0.25, 0.3) is 7.82 Å². The van der Waals surface area contributed by atoms with Crippen LogP contribution in [-0.4, -0.2) is 70.7 Å². The summed E-state index contributed by atoms with van der Waals surface area (Å²) in [5.74, 6) is -0.354. The highest BCUT2D eigenvalue weighted by atomic mass is 31.2. The average Bonchev–Trinajstić information content (AvgIpc) is 3.04. The Morgan fingerprint density at radius 3 is 1.78 bits per heavy atom. The second-order valence-electron chi connectivity index (χ2n) is 13.6. The fraction of sp³-hybridized carbons (Fsp3) is 0.725. The molecule has 0 aliphatic rings. The van der Waals surface area contributed by atoms with Gasteiger partial charge in [0.1, 0.15) is 19.3 Å². The zero-order valence-electron chi connectivity index (χ0n) is 31.9. The maximum atomic E-state index is 12.5. The Labute approximate surface area is 300 Å². The zero-order valence-corrected chi connectivity index (χ0v) is 32.8. The van der Waals surface area contributed by atoms with E-state index in [1.54, 1.807) is 0 Å². The van der Waals surface area contributed by atoms with E-state index in [1.165, 1.54) is 25.7 Å². The molecule has 284 valence electrons. The molecule has 0 radical (unpaired) electrons. The lowest BCUT2D eigenvalue weighted by Gasteiger charge is -2.28. The standard InChI is InChI=1S/C40H72NO7P/c1-6-8-10-12-14-15-16-17-18-19-20-21-22-23-24-25-26-28-30-32-35-45-37-39(38-47-49(43,44)46-36-34-41(3,4)5)48-40(42)33-31-29-27-13-11-9-7-2/h8,10,14-15,17-18,20-21,23-24,39H,6-7,9,11-13,16,19,22,25-38H2,1-5H3/b10-8-,15-14-,18-17-,21-20-,24-23-. The lowest BCUT2D eigenvalue weighted by molar-refractivity contribution is -0.870. The van der Waals surface area contributed by atoms with Crippen molar-refractivity contribution in [2.45, 2.75) is 136 Å². The molecule has 0 heterocycles. The molecule has 0 amide bonds. The van der Waals surface area contributed by atoms with Gasteiger partial charge in [-0.1, -0.05) is 126 Å². The van der Waals surface area contributed by atoms with E-state index in [2.05, 4.69) is 74.6 Å². The van der Waals surface area contributed by atoms with Gasteiger partial charge in [0.2, 0.25) is 0 Å². The van der Waals surface area contributed by atoms with E-state index in [0.29, 0.717) is 24.1 Å². The van der Waals surface area contributed by atoms with Crippen LogP contribution in [0.15, 0.2) is 60.8 Å². The minimum atomic E-state index is -4.52. The number of carbonyl (C=O) groups is 1. The Balaban J connectivity index is 4.25. The second kappa shape index (κ2) is 33.3. The van der Waals surface area contributed by atoms with Crippen molar-refractivity contribution in [3.8, 4) is 0 Å². The number of hydrogen-bond donors (Lipinski definition) is 0. The number of phosphoric acid groups is 1. The number of phosphoric ester groups is 1. The number of esters is 1. The summed E-state index contributed by atoms with van der Waals surface area (Å²) in [6.07, 6.45) is 39.6. The van der Waals surface area contributed by atoms with Gasteiger partial charge in [0.05, 0.1) is 34.4 Å². The molecule has 0 aromatic rings. The minimum absolute atomic E-state index is 0.0184. The highest BCUT2D eigenvalue weighted by Crippen LogP contribution is 2.38. The number of ether oxygens (including phenoxy) is 2. The van der Waals surface area contributed by atoms with Crippen LogP contribution in [0.5, 0.6) is 0 Å². The highest BCUT2D eigenvalue weighted by Gasteiger charge is 2.20. The van der Waals surface area contributed by atoms with Crippen molar-refractivity contribution in [3.05, 3.63) is 60.8 Å². The molecule has 2 atom stereocenters. The summed E-state index contributed by atoms with van der Waals surface area (Å²) in [6.45, 7) is 5.16. The number of allylic oxidation sites excluding steroid dienone is 10. The Morgan fingerprint density at radius 2 is 1.18 bits per heavy atom. The van der Waals surface area contributed by atoms with Crippen LogP contribution >= 0.6 is 7.82 Å². The molecule has 0 aliphatic carbocycles. The Hall–Kier alpha value is -1.80. The van der Waals surface area contributed by atoms with Crippen molar-refractivity contribution in [2.24, 2.45) is 0 Å². The first-order chi connectivity index (χ1) is 23.6. The number of hydrogen-bond acceptors (Lipinski definition) is 7. The molecule has 2 unspecified atom stereocenters. The van der Waals surface area contributed by atoms with Crippen molar-refractivity contribution in [3.63, 3.8) is 0 Å². The molecule has 0 rings (SSSR count). The van der Waals surface area contributed by atoms with Crippen LogP contribution in [0.2, 0.25) is 0 Å². The SMILES string of the molecule is CC/C=C\C/C=C\C/C=C\C/C=C\C/C=C\CCCCCCOCC(COP(=O)([O-])OCC[N+](C)(C)C)OC(=O)CCCCCCCCC. The van der Waals surface area contributed by atoms with Crippen molar-refractivity contribution in [1.29, 1.82) is 0 Å². The maximum Gasteiger partial charge on any atom is 0.306 e. The Kier molecular flexibility index (Phi) is 32.1. The summed E-state index contributed by atoms with van der Waals surface area (Å²) in [4.78, 5) is 24.8. The molecule has 49 heavy (non-hydrogen) atoms. The van der Waals surface area contributed by atoms with E-state index in [0.717, 1.165) is 83.5 Å². The molecule has 0 saturated carbocycles. The monoisotopic (exact) mass is 710 g/mol. The topological polar surface area (TPSA) is 94.1 Å². The third kappa shape index (κ3) is 37.3. The van der Waals surface area contributed by atoms with Gasteiger partial charge in [-0.2, -0.15) is 0 Å². The molecule has 0 N–H and O–H groups in total. The predicted molar refractivity (Wildman–Crippen MR) is 203 cm³/mol. The summed E-state index contributed by atoms with van der Waals surface area (Å²) >= 11 is 0. The van der Waals surface area contributed by atoms with Crippen LogP contribution in [0.3, 0.4) is 0 Å². The van der Waals surface area contributed by atoms with E-state index in [9.17, 15) is 14.3 Å². The van der Waals surface area contributed by atoms with Gasteiger partial charge in [-0.05, 0) is 57.8 Å². The molecule has 0 fully saturated rings. The fourth-order valence-corrected chi connectivity index (χ4v) is 5.36. The summed E-state index contributed by atoms with van der Waals surface area (Å²) in [7, 11) is 1.33. The molecule has 0 bridgehead atoms. The minimum Gasteiger partial charge on any atom is -0.756 e. The van der Waals surface area contributed by atoms with Crippen molar-refractivity contribution < 1.29 is 37.3 Å². The molecule has 0 aliphatic heterocycles. The van der Waals surface area contributed by atoms with Gasteiger partial charge in [0.15, 0.2) is 0 Å². The summed E-state index contributed by atoms with van der Waals surface area (Å²) in [6, 6.07) is 0. The largest absolute Gasteiger partial charge is 0.756 e. The fourth-order valence-electron chi connectivity index (χ4n) is 4.63. The first-order valence-corrected chi connectivity index (χ1v) is 20.5. The third-order valence-electron chi connectivity index (χ3n) is 7.58. The quantitative estimate of drug-likeness (QED) is 0.0216. The number of nitrogens with zero attached hydrogens (tertiary/aromatic N) is 1. The van der Waals surface area contributed by atoms with Crippen molar-refractivity contribution in [1.82, 2.24) is 0 Å². The Bertz CT molecular complexity index is 968.